The number of amides is 2. The van der Waals surface area contributed by atoms with E-state index in [1.807, 2.05) is 24.3 Å². The predicted octanol–water partition coefficient (Wildman–Crippen LogP) is 2.44. The minimum absolute atomic E-state index is 0. The van der Waals surface area contributed by atoms with Crippen molar-refractivity contribution in [1.82, 2.24) is 21.1 Å². The number of urea groups is 1. The van der Waals surface area contributed by atoms with Crippen LogP contribution in [0.2, 0.25) is 0 Å². The molecular weight excluding hydrogens is 889 g/mol. The molecule has 64 heavy (non-hydrogen) atoms. The first-order valence-electron chi connectivity index (χ1n) is 19.2. The minimum atomic E-state index is -0.354. The van der Waals surface area contributed by atoms with E-state index < -0.39 is 0 Å². The topological polar surface area (TPSA) is 357 Å². The van der Waals surface area contributed by atoms with Crippen molar-refractivity contribution in [2.45, 2.75) is 40.0 Å². The van der Waals surface area contributed by atoms with Crippen LogP contribution in [0.5, 0.6) is 0 Å². The second-order valence-electron chi connectivity index (χ2n) is 13.3. The largest absolute Gasteiger partial charge is 0.369 e. The Morgan fingerprint density at radius 3 is 1.30 bits per heavy atom. The molecule has 0 radical (unpaired) electrons. The maximum atomic E-state index is 12.6. The molecule has 0 atom stereocenters. The minimum Gasteiger partial charge on any atom is -0.369 e. The Bertz CT molecular complexity index is 2080. The molecule has 0 heterocycles. The van der Waals surface area contributed by atoms with Crippen LogP contribution < -0.4 is 66.5 Å². The number of hydrazone groups is 2. The highest BCUT2D eigenvalue weighted by molar-refractivity contribution is 6.00. The lowest BCUT2D eigenvalue weighted by Crippen LogP contribution is -2.34. The SMILES string of the molecule is CC(=O)c1ccc(NC(=O)NCCCN(CCCN=C(NN=C(N)N)Nc2ccc(C(C)=O)cc2)CCCN=C(NN=C(N)N)Nc2ccc(C(C)=NN=C(N)N)cc2)cc1.Cl.Cl.Cl. The number of halogens is 3. The van der Waals surface area contributed by atoms with Crippen LogP contribution in [0.3, 0.4) is 0 Å². The van der Waals surface area contributed by atoms with Crippen LogP contribution in [-0.2, 0) is 0 Å². The molecule has 2 amide bonds. The highest BCUT2D eigenvalue weighted by Gasteiger charge is 2.09. The van der Waals surface area contributed by atoms with Gasteiger partial charge in [0.05, 0.1) is 5.71 Å². The summed E-state index contributed by atoms with van der Waals surface area (Å²) < 4.78 is 0. The Hall–Kier alpha value is -6.88. The van der Waals surface area contributed by atoms with Gasteiger partial charge in [-0.1, -0.05) is 12.1 Å². The van der Waals surface area contributed by atoms with Gasteiger partial charge in [-0.05, 0) is 126 Å². The summed E-state index contributed by atoms with van der Waals surface area (Å²) in [6, 6.07) is 20.6. The van der Waals surface area contributed by atoms with E-state index in [4.69, 9.17) is 34.4 Å². The summed E-state index contributed by atoms with van der Waals surface area (Å²) in [4.78, 5) is 47.4. The molecule has 0 aromatic heterocycles. The van der Waals surface area contributed by atoms with Crippen molar-refractivity contribution in [3.05, 3.63) is 89.5 Å². The maximum absolute atomic E-state index is 12.6. The number of nitrogens with one attached hydrogen (secondary N) is 6. The molecule has 0 saturated heterocycles. The second kappa shape index (κ2) is 31.0. The summed E-state index contributed by atoms with van der Waals surface area (Å²) >= 11 is 0. The number of Topliss-reactive ketones (excluding diaryl/α,β-unsaturated/α-hetero) is 2. The fraction of sp³-hybridized carbons (Fsp3) is 0.308. The van der Waals surface area contributed by atoms with Crippen molar-refractivity contribution in [3.8, 4) is 0 Å². The highest BCUT2D eigenvalue weighted by atomic mass is 35.5. The van der Waals surface area contributed by atoms with Gasteiger partial charge in [0.1, 0.15) is 0 Å². The molecule has 350 valence electrons. The first-order valence-corrected chi connectivity index (χ1v) is 19.2. The number of anilines is 3. The summed E-state index contributed by atoms with van der Waals surface area (Å²) in [5.41, 5.74) is 43.0. The fourth-order valence-electron chi connectivity index (χ4n) is 5.26. The molecule has 0 saturated carbocycles. The van der Waals surface area contributed by atoms with Crippen molar-refractivity contribution in [3.63, 3.8) is 0 Å². The molecule has 0 aliphatic rings. The number of carbonyl (C=O) groups is 3. The van der Waals surface area contributed by atoms with Gasteiger partial charge in [-0.25, -0.2) is 15.6 Å². The van der Waals surface area contributed by atoms with Crippen LogP contribution in [-0.4, -0.2) is 97.3 Å². The van der Waals surface area contributed by atoms with Crippen LogP contribution in [0.1, 0.15) is 66.3 Å². The Morgan fingerprint density at radius 2 is 0.906 bits per heavy atom. The quantitative estimate of drug-likeness (QED) is 0.0240. The predicted molar refractivity (Wildman–Crippen MR) is 266 cm³/mol. The molecule has 0 spiro atoms. The van der Waals surface area contributed by atoms with Crippen LogP contribution in [0.4, 0.5) is 21.9 Å². The zero-order valence-electron chi connectivity index (χ0n) is 35.8. The maximum Gasteiger partial charge on any atom is 0.319 e. The molecule has 25 heteroatoms. The molecule has 0 unspecified atom stereocenters. The van der Waals surface area contributed by atoms with Gasteiger partial charge < -0.3 is 60.6 Å². The van der Waals surface area contributed by atoms with Crippen molar-refractivity contribution in [2.24, 2.45) is 64.8 Å². The van der Waals surface area contributed by atoms with E-state index in [0.717, 1.165) is 5.56 Å². The molecular formula is C39H60Cl3N19O3. The molecule has 0 aliphatic carbocycles. The number of ketones is 2. The number of carbonyl (C=O) groups excluding carboxylic acids is 3. The number of nitrogens with two attached hydrogens (primary N) is 6. The Labute approximate surface area is 391 Å². The van der Waals surface area contributed by atoms with E-state index >= 15 is 0 Å². The average Bonchev–Trinajstić information content (AvgIpc) is 3.22. The van der Waals surface area contributed by atoms with E-state index in [1.165, 1.54) is 13.8 Å². The van der Waals surface area contributed by atoms with Crippen LogP contribution in [0.15, 0.2) is 103 Å². The van der Waals surface area contributed by atoms with E-state index in [-0.39, 0.29) is 72.7 Å². The van der Waals surface area contributed by atoms with Gasteiger partial charge in [-0.3, -0.25) is 19.6 Å². The Morgan fingerprint density at radius 1 is 0.516 bits per heavy atom. The van der Waals surface area contributed by atoms with Gasteiger partial charge in [0.15, 0.2) is 11.6 Å². The smallest absolute Gasteiger partial charge is 0.319 e. The molecule has 0 fully saturated rings. The van der Waals surface area contributed by atoms with Gasteiger partial charge in [-0.2, -0.15) is 5.10 Å². The third kappa shape index (κ3) is 23.4. The average molecular weight is 949 g/mol. The van der Waals surface area contributed by atoms with Crippen LogP contribution in [0.25, 0.3) is 0 Å². The second-order valence-corrected chi connectivity index (χ2v) is 13.3. The molecule has 3 rings (SSSR count). The molecule has 18 N–H and O–H groups in total. The zero-order chi connectivity index (χ0) is 44.6. The summed E-state index contributed by atoms with van der Waals surface area (Å²) in [6.07, 6.45) is 1.98. The first-order chi connectivity index (χ1) is 29.2. The summed E-state index contributed by atoms with van der Waals surface area (Å²) in [6.45, 7) is 8.00. The van der Waals surface area contributed by atoms with Crippen molar-refractivity contribution in [2.75, 3.05) is 55.2 Å². The first kappa shape index (κ1) is 57.1. The molecule has 22 nitrogen and oxygen atoms in total. The van der Waals surface area contributed by atoms with E-state index in [9.17, 15) is 14.4 Å². The van der Waals surface area contributed by atoms with Crippen molar-refractivity contribution in [1.29, 1.82) is 0 Å². The fourth-order valence-corrected chi connectivity index (χ4v) is 5.26. The van der Waals surface area contributed by atoms with Gasteiger partial charge in [0.25, 0.3) is 0 Å². The zero-order valence-corrected chi connectivity index (χ0v) is 38.3. The number of benzene rings is 3. The Balaban J connectivity index is 0.0000132. The number of hydrogen-bond donors (Lipinski definition) is 12. The van der Waals surface area contributed by atoms with Crippen LogP contribution >= 0.6 is 37.2 Å². The van der Waals surface area contributed by atoms with Gasteiger partial charge in [0, 0.05) is 47.8 Å². The van der Waals surface area contributed by atoms with Gasteiger partial charge >= 0.3 is 6.03 Å². The lowest BCUT2D eigenvalue weighted by molar-refractivity contribution is 0.100. The third-order valence-corrected chi connectivity index (χ3v) is 8.31. The lowest BCUT2D eigenvalue weighted by Gasteiger charge is -2.22. The van der Waals surface area contributed by atoms with E-state index in [0.29, 0.717) is 104 Å². The highest BCUT2D eigenvalue weighted by Crippen LogP contribution is 2.13. The number of guanidine groups is 5. The third-order valence-electron chi connectivity index (χ3n) is 8.31. The van der Waals surface area contributed by atoms with E-state index in [2.05, 4.69) is 67.4 Å². The number of nitrogens with zero attached hydrogens (tertiary/aromatic N) is 7. The van der Waals surface area contributed by atoms with Crippen molar-refractivity contribution < 1.29 is 14.4 Å². The van der Waals surface area contributed by atoms with Crippen LogP contribution in [0, 0.1) is 0 Å². The van der Waals surface area contributed by atoms with Gasteiger partial charge in [-0.15, -0.1) is 52.5 Å². The monoisotopic (exact) mass is 947 g/mol. The molecule has 3 aromatic carbocycles. The number of aliphatic imine (C=N–C) groups is 2. The summed E-state index contributed by atoms with van der Waals surface area (Å²) in [5, 5.41) is 27.4. The van der Waals surface area contributed by atoms with Gasteiger partial charge in [0.2, 0.25) is 29.8 Å². The Kier molecular flexibility index (Phi) is 27.7. The normalized spacial score (nSPS) is 11.0. The molecule has 0 aliphatic heterocycles. The van der Waals surface area contributed by atoms with E-state index in [1.54, 1.807) is 55.5 Å². The lowest BCUT2D eigenvalue weighted by atomic mass is 10.1. The number of hydrogen-bond acceptors (Lipinski definition) is 10. The summed E-state index contributed by atoms with van der Waals surface area (Å²) in [7, 11) is 0. The number of rotatable bonds is 21. The standard InChI is InChI=1S/C39H57N19O3.3ClH/c1-25(52-53-34(40)41)28-7-13-31(14-8-28)49-37(56-54-35(42)43)46-19-4-22-58(24-6-21-48-39(61)51-33-17-11-30(12-18-33)27(3)60)23-5-20-47-38(57-55-36(44)45)50-32-15-9-29(10-16-32)26(2)59;;;/h7-18H,4-6,19-24H2,1-3H3,(H4,40,41,53)(H4,42,43,54)(H4,44,45,55)(H2,46,49,56)(H2,47,50,57)(H2,48,51,61);3*1H. The van der Waals surface area contributed by atoms with Crippen molar-refractivity contribution >= 4 is 107 Å². The molecule has 0 bridgehead atoms. The molecule has 3 aromatic rings. The summed E-state index contributed by atoms with van der Waals surface area (Å²) in [5.74, 6) is 0.0567.